The second kappa shape index (κ2) is 4.29. The first-order valence-electron chi connectivity index (χ1n) is 4.35. The number of aliphatic imine (C=N–C) groups is 1. The van der Waals surface area contributed by atoms with E-state index in [1.165, 1.54) is 5.70 Å². The number of hydrogen-bond acceptors (Lipinski definition) is 2. The van der Waals surface area contributed by atoms with Crippen molar-refractivity contribution in [3.05, 3.63) is 11.4 Å². The van der Waals surface area contributed by atoms with E-state index in [1.807, 2.05) is 14.0 Å². The van der Waals surface area contributed by atoms with Gasteiger partial charge in [-0.15, -0.1) is 0 Å². The van der Waals surface area contributed by atoms with Crippen molar-refractivity contribution in [2.75, 3.05) is 7.05 Å². The third-order valence-electron chi connectivity index (χ3n) is 2.41. The highest BCUT2D eigenvalue weighted by molar-refractivity contribution is 5.31. The van der Waals surface area contributed by atoms with Crippen LogP contribution in [0.3, 0.4) is 0 Å². The van der Waals surface area contributed by atoms with E-state index in [-0.39, 0.29) is 5.41 Å². The summed E-state index contributed by atoms with van der Waals surface area (Å²) in [7, 11) is 1.93. The lowest BCUT2D eigenvalue weighted by Gasteiger charge is -2.27. The summed E-state index contributed by atoms with van der Waals surface area (Å²) in [6.45, 7) is 12.1. The van der Waals surface area contributed by atoms with Crippen molar-refractivity contribution in [3.8, 4) is 0 Å². The molecular weight excluding hydrogens is 148 g/mol. The van der Waals surface area contributed by atoms with Gasteiger partial charge in [0.15, 0.2) is 0 Å². The van der Waals surface area contributed by atoms with Crippen molar-refractivity contribution in [1.82, 2.24) is 5.32 Å². The van der Waals surface area contributed by atoms with E-state index in [0.717, 1.165) is 12.1 Å². The molecule has 0 aliphatic rings. The molecule has 0 saturated heterocycles. The Morgan fingerprint density at radius 2 is 2.00 bits per heavy atom. The lowest BCUT2D eigenvalue weighted by atomic mass is 9.85. The Kier molecular flexibility index (Phi) is 4.01. The van der Waals surface area contributed by atoms with Crippen molar-refractivity contribution in [1.29, 1.82) is 0 Å². The van der Waals surface area contributed by atoms with Crippen LogP contribution in [0.2, 0.25) is 0 Å². The topological polar surface area (TPSA) is 24.4 Å². The van der Waals surface area contributed by atoms with E-state index in [9.17, 15) is 0 Å². The molecule has 0 fully saturated rings. The molecule has 70 valence electrons. The van der Waals surface area contributed by atoms with Crippen LogP contribution in [-0.2, 0) is 0 Å². The SMILES string of the molecule is C=N/C(C)=C(\NC)C(C)(C)CC. The second-order valence-corrected chi connectivity index (χ2v) is 3.61. The fourth-order valence-electron chi connectivity index (χ4n) is 1.26. The lowest BCUT2D eigenvalue weighted by Crippen LogP contribution is -2.24. The largest absolute Gasteiger partial charge is 0.390 e. The molecule has 0 aliphatic heterocycles. The van der Waals surface area contributed by atoms with E-state index < -0.39 is 0 Å². The van der Waals surface area contributed by atoms with Crippen molar-refractivity contribution >= 4 is 6.72 Å². The quantitative estimate of drug-likeness (QED) is 0.641. The summed E-state index contributed by atoms with van der Waals surface area (Å²) < 4.78 is 0. The first-order valence-corrected chi connectivity index (χ1v) is 4.35. The summed E-state index contributed by atoms with van der Waals surface area (Å²) in [6.07, 6.45) is 1.09. The van der Waals surface area contributed by atoms with Crippen LogP contribution in [0.25, 0.3) is 0 Å². The van der Waals surface area contributed by atoms with E-state index in [2.05, 4.69) is 37.8 Å². The number of hydrogen-bond donors (Lipinski definition) is 1. The number of allylic oxidation sites excluding steroid dienone is 2. The van der Waals surface area contributed by atoms with Crippen LogP contribution in [0.5, 0.6) is 0 Å². The molecule has 0 spiro atoms. The summed E-state index contributed by atoms with van der Waals surface area (Å²) in [5.74, 6) is 0. The van der Waals surface area contributed by atoms with Gasteiger partial charge >= 0.3 is 0 Å². The highest BCUT2D eigenvalue weighted by Gasteiger charge is 2.21. The average molecular weight is 168 g/mol. The molecule has 0 rings (SSSR count). The zero-order valence-electron chi connectivity index (χ0n) is 8.86. The Balaban J connectivity index is 4.90. The zero-order chi connectivity index (χ0) is 9.78. The fraction of sp³-hybridized carbons (Fsp3) is 0.700. The van der Waals surface area contributed by atoms with Gasteiger partial charge in [-0.1, -0.05) is 20.8 Å². The zero-order valence-corrected chi connectivity index (χ0v) is 8.86. The summed E-state index contributed by atoms with van der Waals surface area (Å²) in [4.78, 5) is 3.94. The number of rotatable bonds is 4. The van der Waals surface area contributed by atoms with E-state index in [1.54, 1.807) is 0 Å². The van der Waals surface area contributed by atoms with Crippen molar-refractivity contribution in [2.45, 2.75) is 34.1 Å². The van der Waals surface area contributed by atoms with Gasteiger partial charge in [-0.3, -0.25) is 4.99 Å². The Hall–Kier alpha value is -0.790. The van der Waals surface area contributed by atoms with E-state index >= 15 is 0 Å². The molecule has 0 saturated carbocycles. The minimum absolute atomic E-state index is 0.167. The Labute approximate surface area is 75.8 Å². The van der Waals surface area contributed by atoms with Gasteiger partial charge < -0.3 is 5.32 Å². The minimum Gasteiger partial charge on any atom is -0.390 e. The monoisotopic (exact) mass is 168 g/mol. The Bertz CT molecular complexity index is 190. The van der Waals surface area contributed by atoms with Crippen LogP contribution in [0, 0.1) is 5.41 Å². The standard InChI is InChI=1S/C10H20N2/c1-7-10(3,4)9(12-6)8(2)11-5/h12H,5,7H2,1-4,6H3/b9-8-. The summed E-state index contributed by atoms with van der Waals surface area (Å²) >= 11 is 0. The van der Waals surface area contributed by atoms with Crippen LogP contribution in [0.4, 0.5) is 0 Å². The smallest absolute Gasteiger partial charge is 0.0559 e. The predicted octanol–water partition coefficient (Wildman–Crippen LogP) is 2.57. The number of nitrogens with zero attached hydrogens (tertiary/aromatic N) is 1. The van der Waals surface area contributed by atoms with Crippen molar-refractivity contribution < 1.29 is 0 Å². The fourth-order valence-corrected chi connectivity index (χ4v) is 1.26. The molecule has 0 aromatic heterocycles. The number of nitrogens with one attached hydrogen (secondary N) is 1. The summed E-state index contributed by atoms with van der Waals surface area (Å²) in [6, 6.07) is 0. The average Bonchev–Trinajstić information content (AvgIpc) is 2.05. The van der Waals surface area contributed by atoms with E-state index in [0.29, 0.717) is 0 Å². The molecule has 0 radical (unpaired) electrons. The van der Waals surface area contributed by atoms with Crippen LogP contribution < -0.4 is 5.32 Å². The first-order chi connectivity index (χ1) is 5.49. The maximum atomic E-state index is 3.94. The molecule has 2 heteroatoms. The normalized spacial score (nSPS) is 13.8. The van der Waals surface area contributed by atoms with Gasteiger partial charge in [0.05, 0.1) is 5.70 Å². The first kappa shape index (κ1) is 11.2. The second-order valence-electron chi connectivity index (χ2n) is 3.61. The third kappa shape index (κ3) is 2.36. The highest BCUT2D eigenvalue weighted by atomic mass is 14.9. The van der Waals surface area contributed by atoms with Crippen molar-refractivity contribution in [2.24, 2.45) is 10.4 Å². The molecule has 0 bridgehead atoms. The van der Waals surface area contributed by atoms with Gasteiger partial charge in [0.2, 0.25) is 0 Å². The molecule has 12 heavy (non-hydrogen) atoms. The van der Waals surface area contributed by atoms with Crippen LogP contribution in [-0.4, -0.2) is 13.8 Å². The third-order valence-corrected chi connectivity index (χ3v) is 2.41. The highest BCUT2D eigenvalue weighted by Crippen LogP contribution is 2.29. The van der Waals surface area contributed by atoms with Crippen LogP contribution in [0.15, 0.2) is 16.4 Å². The summed E-state index contributed by atoms with van der Waals surface area (Å²) in [5.41, 5.74) is 2.34. The molecule has 2 nitrogen and oxygen atoms in total. The van der Waals surface area contributed by atoms with Gasteiger partial charge in [-0.25, -0.2) is 0 Å². The Morgan fingerprint density at radius 1 is 1.50 bits per heavy atom. The molecule has 0 aliphatic carbocycles. The maximum absolute atomic E-state index is 3.94. The molecule has 0 amide bonds. The molecular formula is C10H20N2. The van der Waals surface area contributed by atoms with E-state index in [4.69, 9.17) is 0 Å². The van der Waals surface area contributed by atoms with Gasteiger partial charge in [0, 0.05) is 18.2 Å². The van der Waals surface area contributed by atoms with Gasteiger partial charge in [0.25, 0.3) is 0 Å². The molecule has 0 aromatic rings. The minimum atomic E-state index is 0.167. The Morgan fingerprint density at radius 3 is 2.25 bits per heavy atom. The van der Waals surface area contributed by atoms with Gasteiger partial charge in [0.1, 0.15) is 0 Å². The maximum Gasteiger partial charge on any atom is 0.0559 e. The summed E-state index contributed by atoms with van der Waals surface area (Å²) in [5, 5.41) is 3.19. The lowest BCUT2D eigenvalue weighted by molar-refractivity contribution is 0.401. The van der Waals surface area contributed by atoms with Gasteiger partial charge in [-0.2, -0.15) is 0 Å². The van der Waals surface area contributed by atoms with Crippen LogP contribution >= 0.6 is 0 Å². The molecule has 0 aromatic carbocycles. The molecule has 1 N–H and O–H groups in total. The van der Waals surface area contributed by atoms with Crippen molar-refractivity contribution in [3.63, 3.8) is 0 Å². The van der Waals surface area contributed by atoms with Gasteiger partial charge in [-0.05, 0) is 20.1 Å². The molecule has 0 atom stereocenters. The van der Waals surface area contributed by atoms with Crippen LogP contribution in [0.1, 0.15) is 34.1 Å². The molecule has 0 unspecified atom stereocenters. The predicted molar refractivity (Wildman–Crippen MR) is 55.4 cm³/mol. The molecule has 0 heterocycles.